The van der Waals surface area contributed by atoms with Crippen LogP contribution in [0.25, 0.3) is 0 Å². The number of carbonyl (C=O) groups is 2. The molecular formula is C13H22N4O4. The number of hydrogen-bond acceptors (Lipinski definition) is 6. The number of amides is 3. The van der Waals surface area contributed by atoms with Gasteiger partial charge in [0.25, 0.3) is 5.91 Å². The van der Waals surface area contributed by atoms with Crippen molar-refractivity contribution in [1.82, 2.24) is 19.6 Å². The van der Waals surface area contributed by atoms with Crippen LogP contribution in [0, 0.1) is 0 Å². The Labute approximate surface area is 124 Å². The van der Waals surface area contributed by atoms with E-state index in [0.717, 1.165) is 26.2 Å². The van der Waals surface area contributed by atoms with E-state index in [1.54, 1.807) is 4.90 Å². The van der Waals surface area contributed by atoms with E-state index in [1.165, 1.54) is 4.90 Å². The van der Waals surface area contributed by atoms with Crippen LogP contribution in [0.1, 0.15) is 0 Å². The van der Waals surface area contributed by atoms with E-state index in [-0.39, 0.29) is 18.5 Å². The molecule has 3 fully saturated rings. The Morgan fingerprint density at radius 2 is 1.33 bits per heavy atom. The van der Waals surface area contributed by atoms with Gasteiger partial charge in [-0.2, -0.15) is 0 Å². The maximum Gasteiger partial charge on any atom is 0.329 e. The van der Waals surface area contributed by atoms with Crippen molar-refractivity contribution in [2.45, 2.75) is 0 Å². The fourth-order valence-corrected chi connectivity index (χ4v) is 2.77. The van der Waals surface area contributed by atoms with Crippen molar-refractivity contribution in [3.63, 3.8) is 0 Å². The summed E-state index contributed by atoms with van der Waals surface area (Å²) in [6.07, 6.45) is 0. The van der Waals surface area contributed by atoms with Gasteiger partial charge in [0.1, 0.15) is 6.54 Å². The van der Waals surface area contributed by atoms with Gasteiger partial charge in [-0.3, -0.25) is 14.6 Å². The van der Waals surface area contributed by atoms with E-state index >= 15 is 0 Å². The highest BCUT2D eigenvalue weighted by molar-refractivity contribution is 6.01. The van der Waals surface area contributed by atoms with Gasteiger partial charge in [0.05, 0.1) is 39.8 Å². The fraction of sp³-hybridized carbons (Fsp3) is 0.846. The predicted molar refractivity (Wildman–Crippen MR) is 73.5 cm³/mol. The minimum absolute atomic E-state index is 0.111. The van der Waals surface area contributed by atoms with E-state index in [1.807, 2.05) is 0 Å². The average Bonchev–Trinajstić information content (AvgIpc) is 2.77. The van der Waals surface area contributed by atoms with Gasteiger partial charge in [-0.15, -0.1) is 0 Å². The van der Waals surface area contributed by atoms with Crippen LogP contribution < -0.4 is 0 Å². The molecule has 118 valence electrons. The van der Waals surface area contributed by atoms with Crippen molar-refractivity contribution >= 4 is 11.9 Å². The van der Waals surface area contributed by atoms with Gasteiger partial charge in [-0.1, -0.05) is 0 Å². The molecule has 0 spiro atoms. The molecule has 3 amide bonds. The number of morpholine rings is 2. The molecule has 0 radical (unpaired) electrons. The van der Waals surface area contributed by atoms with E-state index in [0.29, 0.717) is 39.8 Å². The molecule has 0 aromatic carbocycles. The third kappa shape index (κ3) is 3.52. The second kappa shape index (κ2) is 6.69. The zero-order valence-electron chi connectivity index (χ0n) is 12.2. The molecule has 3 rings (SSSR count). The van der Waals surface area contributed by atoms with Crippen LogP contribution >= 0.6 is 0 Å². The molecule has 0 N–H and O–H groups in total. The summed E-state index contributed by atoms with van der Waals surface area (Å²) in [6, 6.07) is -0.182. The summed E-state index contributed by atoms with van der Waals surface area (Å²) in [6.45, 7) is 6.90. The van der Waals surface area contributed by atoms with Crippen molar-refractivity contribution in [1.29, 1.82) is 0 Å². The monoisotopic (exact) mass is 298 g/mol. The van der Waals surface area contributed by atoms with Gasteiger partial charge >= 0.3 is 6.03 Å². The minimum atomic E-state index is -0.182. The molecule has 8 heteroatoms. The second-order valence-corrected chi connectivity index (χ2v) is 5.55. The molecule has 3 aliphatic heterocycles. The average molecular weight is 298 g/mol. The predicted octanol–water partition coefficient (Wildman–Crippen LogP) is -1.17. The van der Waals surface area contributed by atoms with E-state index in [9.17, 15) is 9.59 Å². The first-order chi connectivity index (χ1) is 10.2. The largest absolute Gasteiger partial charge is 0.379 e. The molecule has 3 aliphatic rings. The number of rotatable bonds is 4. The quantitative estimate of drug-likeness (QED) is 0.609. The van der Waals surface area contributed by atoms with Crippen molar-refractivity contribution in [3.05, 3.63) is 0 Å². The molecule has 21 heavy (non-hydrogen) atoms. The summed E-state index contributed by atoms with van der Waals surface area (Å²) in [5.41, 5.74) is 0. The molecule has 3 heterocycles. The summed E-state index contributed by atoms with van der Waals surface area (Å²) in [7, 11) is 0. The Morgan fingerprint density at radius 3 is 1.90 bits per heavy atom. The molecule has 0 aliphatic carbocycles. The van der Waals surface area contributed by atoms with Gasteiger partial charge in [0, 0.05) is 26.2 Å². The molecule has 0 atom stereocenters. The number of nitrogens with zero attached hydrogens (tertiary/aromatic N) is 4. The molecular weight excluding hydrogens is 276 g/mol. The van der Waals surface area contributed by atoms with E-state index < -0.39 is 0 Å². The van der Waals surface area contributed by atoms with Crippen molar-refractivity contribution in [3.8, 4) is 0 Å². The summed E-state index contributed by atoms with van der Waals surface area (Å²) in [5, 5.41) is 0. The van der Waals surface area contributed by atoms with Crippen LogP contribution in [0.15, 0.2) is 0 Å². The molecule has 0 aromatic rings. The molecule has 0 saturated carbocycles. The zero-order chi connectivity index (χ0) is 14.7. The topological polar surface area (TPSA) is 65.6 Å². The first kappa shape index (κ1) is 14.7. The Morgan fingerprint density at radius 1 is 0.810 bits per heavy atom. The normalized spacial score (nSPS) is 25.9. The zero-order valence-corrected chi connectivity index (χ0v) is 12.2. The number of hydrogen-bond donors (Lipinski definition) is 0. The second-order valence-electron chi connectivity index (χ2n) is 5.55. The smallest absolute Gasteiger partial charge is 0.329 e. The Kier molecular flexibility index (Phi) is 4.69. The van der Waals surface area contributed by atoms with Crippen molar-refractivity contribution < 1.29 is 19.1 Å². The first-order valence-corrected chi connectivity index (χ1v) is 7.43. The maximum atomic E-state index is 12.4. The lowest BCUT2D eigenvalue weighted by Gasteiger charge is -2.31. The highest BCUT2D eigenvalue weighted by Crippen LogP contribution is 2.13. The summed E-state index contributed by atoms with van der Waals surface area (Å²) in [5.74, 6) is -0.111. The van der Waals surface area contributed by atoms with Gasteiger partial charge in [-0.05, 0) is 0 Å². The lowest BCUT2D eigenvalue weighted by Crippen LogP contribution is -2.48. The maximum absolute atomic E-state index is 12.4. The highest BCUT2D eigenvalue weighted by Gasteiger charge is 2.37. The van der Waals surface area contributed by atoms with Crippen molar-refractivity contribution in [2.24, 2.45) is 0 Å². The fourth-order valence-electron chi connectivity index (χ4n) is 2.77. The number of imide groups is 1. The van der Waals surface area contributed by atoms with Gasteiger partial charge in [0.15, 0.2) is 0 Å². The van der Waals surface area contributed by atoms with Crippen molar-refractivity contribution in [2.75, 3.05) is 72.5 Å². The molecule has 0 bridgehead atoms. The molecule has 0 aromatic heterocycles. The highest BCUT2D eigenvalue weighted by atomic mass is 16.5. The van der Waals surface area contributed by atoms with Crippen LogP contribution in [0.5, 0.6) is 0 Å². The van der Waals surface area contributed by atoms with Gasteiger partial charge < -0.3 is 14.4 Å². The van der Waals surface area contributed by atoms with E-state index in [4.69, 9.17) is 9.47 Å². The van der Waals surface area contributed by atoms with Crippen LogP contribution in [-0.2, 0) is 14.3 Å². The van der Waals surface area contributed by atoms with Gasteiger partial charge in [0.2, 0.25) is 0 Å². The Bertz CT molecular complexity index is 394. The summed E-state index contributed by atoms with van der Waals surface area (Å²) in [4.78, 5) is 31.6. The summed E-state index contributed by atoms with van der Waals surface area (Å²) < 4.78 is 10.6. The molecule has 8 nitrogen and oxygen atoms in total. The summed E-state index contributed by atoms with van der Waals surface area (Å²) >= 11 is 0. The first-order valence-electron chi connectivity index (χ1n) is 7.43. The lowest BCUT2D eigenvalue weighted by atomic mass is 10.4. The molecule has 3 saturated heterocycles. The van der Waals surface area contributed by atoms with E-state index in [2.05, 4.69) is 9.80 Å². The standard InChI is InChI=1S/C13H22N4O4/c18-12-9-16(10-14-1-5-20-6-2-14)13(19)17(12)11-15-3-7-21-8-4-15/h1-11H2. The minimum Gasteiger partial charge on any atom is -0.379 e. The lowest BCUT2D eigenvalue weighted by molar-refractivity contribution is -0.127. The Balaban J connectivity index is 1.53. The van der Waals surface area contributed by atoms with Crippen LogP contribution in [0.2, 0.25) is 0 Å². The van der Waals surface area contributed by atoms with Gasteiger partial charge in [-0.25, -0.2) is 9.69 Å². The van der Waals surface area contributed by atoms with Crippen LogP contribution in [0.4, 0.5) is 4.79 Å². The molecule has 0 unspecified atom stereocenters. The number of ether oxygens (including phenoxy) is 2. The van der Waals surface area contributed by atoms with Crippen LogP contribution in [-0.4, -0.2) is 104 Å². The Hall–Kier alpha value is -1.22. The number of carbonyl (C=O) groups excluding carboxylic acids is 2. The number of urea groups is 1. The third-order valence-electron chi connectivity index (χ3n) is 4.05. The third-order valence-corrected chi connectivity index (χ3v) is 4.05. The van der Waals surface area contributed by atoms with Crippen LogP contribution in [0.3, 0.4) is 0 Å². The SMILES string of the molecule is O=C1CN(CN2CCOCC2)C(=O)N1CN1CCOCC1.